The first kappa shape index (κ1) is 19.8. The summed E-state index contributed by atoms with van der Waals surface area (Å²) in [5, 5.41) is 17.5. The first-order valence-electron chi connectivity index (χ1n) is 9.02. The second-order valence-corrected chi connectivity index (χ2v) is 7.05. The minimum Gasteiger partial charge on any atom is -0.481 e. The molecule has 2 rings (SSSR count). The van der Waals surface area contributed by atoms with Crippen molar-refractivity contribution < 1.29 is 19.5 Å². The Morgan fingerprint density at radius 3 is 2.23 bits per heavy atom. The lowest BCUT2D eigenvalue weighted by atomic mass is 9.86. The first-order chi connectivity index (χ1) is 12.3. The highest BCUT2D eigenvalue weighted by Crippen LogP contribution is 2.24. The largest absolute Gasteiger partial charge is 0.481 e. The molecular formula is C19H27N3O4. The number of amides is 3. The van der Waals surface area contributed by atoms with Gasteiger partial charge in [-0.2, -0.15) is 0 Å². The number of carbonyl (C=O) groups excluding carboxylic acids is 2. The first-order valence-corrected chi connectivity index (χ1v) is 9.02. The van der Waals surface area contributed by atoms with Gasteiger partial charge < -0.3 is 21.1 Å². The van der Waals surface area contributed by atoms with Crippen molar-refractivity contribution in [2.24, 2.45) is 11.8 Å². The van der Waals surface area contributed by atoms with Crippen molar-refractivity contribution in [3.8, 4) is 0 Å². The highest BCUT2D eigenvalue weighted by atomic mass is 16.4. The third-order valence-corrected chi connectivity index (χ3v) is 4.61. The van der Waals surface area contributed by atoms with Gasteiger partial charge >= 0.3 is 12.0 Å². The summed E-state index contributed by atoms with van der Waals surface area (Å²) in [5.74, 6) is -1.15. The molecule has 1 saturated carbocycles. The summed E-state index contributed by atoms with van der Waals surface area (Å²) in [7, 11) is 0. The maximum atomic E-state index is 12.0. The number of aliphatic carboxylic acids is 1. The molecule has 0 aromatic heterocycles. The molecule has 1 aliphatic carbocycles. The molecule has 0 bridgehead atoms. The smallest absolute Gasteiger partial charge is 0.315 e. The third kappa shape index (κ3) is 6.06. The van der Waals surface area contributed by atoms with Gasteiger partial charge in [0, 0.05) is 24.2 Å². The maximum Gasteiger partial charge on any atom is 0.315 e. The van der Waals surface area contributed by atoms with Crippen molar-refractivity contribution in [2.75, 3.05) is 5.32 Å². The van der Waals surface area contributed by atoms with E-state index in [0.717, 1.165) is 11.3 Å². The Morgan fingerprint density at radius 1 is 1.08 bits per heavy atom. The number of hydrogen-bond donors (Lipinski definition) is 4. The van der Waals surface area contributed by atoms with Crippen molar-refractivity contribution >= 4 is 23.6 Å². The molecule has 0 radical (unpaired) electrons. The maximum absolute atomic E-state index is 12.0. The Hall–Kier alpha value is -2.57. The summed E-state index contributed by atoms with van der Waals surface area (Å²) < 4.78 is 0. The number of anilines is 1. The van der Waals surface area contributed by atoms with Gasteiger partial charge in [-0.15, -0.1) is 0 Å². The van der Waals surface area contributed by atoms with Crippen molar-refractivity contribution in [3.05, 3.63) is 29.8 Å². The zero-order valence-corrected chi connectivity index (χ0v) is 15.2. The fourth-order valence-corrected chi connectivity index (χ4v) is 2.90. The Bertz CT molecular complexity index is 635. The molecule has 0 unspecified atom stereocenters. The van der Waals surface area contributed by atoms with E-state index in [1.807, 2.05) is 38.1 Å². The van der Waals surface area contributed by atoms with E-state index in [4.69, 9.17) is 5.11 Å². The molecule has 0 spiro atoms. The molecule has 7 heteroatoms. The quantitative estimate of drug-likeness (QED) is 0.625. The molecule has 1 aromatic carbocycles. The molecule has 1 aromatic rings. The predicted molar refractivity (Wildman–Crippen MR) is 98.7 cm³/mol. The van der Waals surface area contributed by atoms with Crippen LogP contribution in [-0.4, -0.2) is 29.1 Å². The zero-order chi connectivity index (χ0) is 19.1. The van der Waals surface area contributed by atoms with E-state index in [1.165, 1.54) is 0 Å². The minimum absolute atomic E-state index is 0.0271. The molecule has 0 heterocycles. The molecule has 4 N–H and O–H groups in total. The van der Waals surface area contributed by atoms with Gasteiger partial charge in [0.05, 0.1) is 5.92 Å². The highest BCUT2D eigenvalue weighted by molar-refractivity contribution is 5.92. The zero-order valence-electron chi connectivity index (χ0n) is 15.2. The van der Waals surface area contributed by atoms with Gasteiger partial charge in [-0.3, -0.25) is 9.59 Å². The number of urea groups is 1. The number of carbonyl (C=O) groups is 3. The van der Waals surface area contributed by atoms with Gasteiger partial charge in [-0.05, 0) is 43.4 Å². The van der Waals surface area contributed by atoms with Gasteiger partial charge in [-0.25, -0.2) is 4.79 Å². The number of hydrogen-bond acceptors (Lipinski definition) is 3. The summed E-state index contributed by atoms with van der Waals surface area (Å²) in [6.07, 6.45) is 2.58. The summed E-state index contributed by atoms with van der Waals surface area (Å²) in [4.78, 5) is 34.6. The lowest BCUT2D eigenvalue weighted by molar-refractivity contribution is -0.142. The van der Waals surface area contributed by atoms with Crippen molar-refractivity contribution in [1.29, 1.82) is 0 Å². The number of rotatable bonds is 6. The molecule has 1 fully saturated rings. The minimum atomic E-state index is -0.749. The number of carboxylic acids is 1. The topological polar surface area (TPSA) is 108 Å². The second-order valence-electron chi connectivity index (χ2n) is 7.05. The molecule has 0 atom stereocenters. The molecule has 0 saturated heterocycles. The molecule has 3 amide bonds. The van der Waals surface area contributed by atoms with Crippen LogP contribution in [0.5, 0.6) is 0 Å². The van der Waals surface area contributed by atoms with E-state index >= 15 is 0 Å². The van der Waals surface area contributed by atoms with Crippen molar-refractivity contribution in [1.82, 2.24) is 10.6 Å². The van der Waals surface area contributed by atoms with Gasteiger partial charge in [0.25, 0.3) is 0 Å². The van der Waals surface area contributed by atoms with Gasteiger partial charge in [-0.1, -0.05) is 26.0 Å². The Balaban J connectivity index is 1.72. The lowest BCUT2D eigenvalue weighted by Crippen LogP contribution is -2.43. The van der Waals surface area contributed by atoms with E-state index in [-0.39, 0.29) is 29.8 Å². The van der Waals surface area contributed by atoms with Crippen LogP contribution in [0.2, 0.25) is 0 Å². The normalized spacial score (nSPS) is 19.7. The van der Waals surface area contributed by atoms with Crippen LogP contribution in [0.25, 0.3) is 0 Å². The monoisotopic (exact) mass is 361 g/mol. The van der Waals surface area contributed by atoms with Gasteiger partial charge in [0.2, 0.25) is 5.91 Å². The van der Waals surface area contributed by atoms with E-state index in [0.29, 0.717) is 32.2 Å². The average molecular weight is 361 g/mol. The Morgan fingerprint density at radius 2 is 1.69 bits per heavy atom. The van der Waals surface area contributed by atoms with Crippen LogP contribution < -0.4 is 16.0 Å². The summed E-state index contributed by atoms with van der Waals surface area (Å²) in [6, 6.07) is 7.10. The fraction of sp³-hybridized carbons (Fsp3) is 0.526. The molecule has 0 aliphatic heterocycles. The average Bonchev–Trinajstić information content (AvgIpc) is 2.61. The van der Waals surface area contributed by atoms with Crippen LogP contribution in [0, 0.1) is 11.8 Å². The van der Waals surface area contributed by atoms with E-state index < -0.39 is 5.97 Å². The summed E-state index contributed by atoms with van der Waals surface area (Å²) >= 11 is 0. The fourth-order valence-electron chi connectivity index (χ4n) is 2.90. The van der Waals surface area contributed by atoms with Gasteiger partial charge in [0.1, 0.15) is 0 Å². The SMILES string of the molecule is CC(C)C(=O)Nc1ccc(CNC(=O)NC2CCC(C(=O)O)CC2)cc1. The number of carboxylic acid groups (broad SMARTS) is 1. The summed E-state index contributed by atoms with van der Waals surface area (Å²) in [6.45, 7) is 4.05. The van der Waals surface area contributed by atoms with Crippen LogP contribution >= 0.6 is 0 Å². The highest BCUT2D eigenvalue weighted by Gasteiger charge is 2.26. The number of benzene rings is 1. The van der Waals surface area contributed by atoms with E-state index in [1.54, 1.807) is 0 Å². The molecular weight excluding hydrogens is 334 g/mol. The van der Waals surface area contributed by atoms with Crippen LogP contribution in [0.4, 0.5) is 10.5 Å². The van der Waals surface area contributed by atoms with Crippen LogP contribution in [0.1, 0.15) is 45.1 Å². The van der Waals surface area contributed by atoms with Crippen molar-refractivity contribution in [2.45, 2.75) is 52.1 Å². The molecule has 7 nitrogen and oxygen atoms in total. The molecule has 142 valence electrons. The molecule has 26 heavy (non-hydrogen) atoms. The Kier molecular flexibility index (Phi) is 7.00. The van der Waals surface area contributed by atoms with Crippen molar-refractivity contribution in [3.63, 3.8) is 0 Å². The number of nitrogens with one attached hydrogen (secondary N) is 3. The standard InChI is InChI=1S/C19H27N3O4/c1-12(2)17(23)21-15-7-3-13(4-8-15)11-20-19(26)22-16-9-5-14(6-10-16)18(24)25/h3-4,7-8,12,14,16H,5-6,9-11H2,1-2H3,(H,21,23)(H,24,25)(H2,20,22,26). The van der Waals surface area contributed by atoms with Gasteiger partial charge in [0.15, 0.2) is 0 Å². The third-order valence-electron chi connectivity index (χ3n) is 4.61. The van der Waals surface area contributed by atoms with E-state index in [9.17, 15) is 14.4 Å². The van der Waals surface area contributed by atoms with Crippen LogP contribution in [0.3, 0.4) is 0 Å². The lowest BCUT2D eigenvalue weighted by Gasteiger charge is -2.26. The predicted octanol–water partition coefficient (Wildman–Crippen LogP) is 2.72. The Labute approximate surface area is 153 Å². The molecule has 1 aliphatic rings. The van der Waals surface area contributed by atoms with Crippen LogP contribution in [0.15, 0.2) is 24.3 Å². The summed E-state index contributed by atoms with van der Waals surface area (Å²) in [5.41, 5.74) is 1.66. The van der Waals surface area contributed by atoms with E-state index in [2.05, 4.69) is 16.0 Å². The van der Waals surface area contributed by atoms with Crippen LogP contribution in [-0.2, 0) is 16.1 Å². The second kappa shape index (κ2) is 9.22.